The van der Waals surface area contributed by atoms with Crippen molar-refractivity contribution in [2.75, 3.05) is 13.2 Å². The lowest BCUT2D eigenvalue weighted by atomic mass is 10.1. The fourth-order valence-electron chi connectivity index (χ4n) is 2.99. The van der Waals surface area contributed by atoms with Crippen LogP contribution < -0.4 is 0 Å². The molecule has 3 rings (SSSR count). The molecule has 0 unspecified atom stereocenters. The van der Waals surface area contributed by atoms with Gasteiger partial charge >= 0.3 is 0 Å². The number of pyridine rings is 1. The number of halogens is 2. The number of hydrogen-bond donors (Lipinski definition) is 1. The Morgan fingerprint density at radius 3 is 2.88 bits per heavy atom. The molecule has 0 bridgehead atoms. The molecular weight excluding hydrogens is 331 g/mol. The highest BCUT2D eigenvalue weighted by molar-refractivity contribution is 6.31. The summed E-state index contributed by atoms with van der Waals surface area (Å²) < 4.78 is 14.0. The van der Waals surface area contributed by atoms with Crippen LogP contribution in [0.25, 0.3) is 0 Å². The smallest absolute Gasteiger partial charge is 0.226 e. The highest BCUT2D eigenvalue weighted by Gasteiger charge is 2.47. The Kier molecular flexibility index (Phi) is 5.11. The quantitative estimate of drug-likeness (QED) is 0.873. The minimum Gasteiger partial charge on any atom is -0.395 e. The third-order valence-corrected chi connectivity index (χ3v) is 4.59. The average molecular weight is 349 g/mol. The summed E-state index contributed by atoms with van der Waals surface area (Å²) in [6.45, 7) is 0.493. The lowest BCUT2D eigenvalue weighted by Gasteiger charge is -2.22. The fourth-order valence-corrected chi connectivity index (χ4v) is 3.29. The number of rotatable bonds is 6. The molecule has 126 valence electrons. The van der Waals surface area contributed by atoms with Gasteiger partial charge < -0.3 is 10.0 Å². The highest BCUT2D eigenvalue weighted by Crippen LogP contribution is 2.51. The molecule has 1 aliphatic rings. The topological polar surface area (TPSA) is 53.4 Å². The van der Waals surface area contributed by atoms with Crippen LogP contribution in [-0.2, 0) is 11.3 Å². The molecule has 1 aliphatic carbocycles. The maximum Gasteiger partial charge on any atom is 0.226 e. The third kappa shape index (κ3) is 3.57. The highest BCUT2D eigenvalue weighted by atomic mass is 35.5. The standard InChI is InChI=1S/C18H18ClFN2O2/c19-15-4-1-5-16(20)17(15)13-9-14(13)18(24)22(7-8-23)11-12-3-2-6-21-10-12/h1-6,10,13-14,23H,7-9,11H2/t13-,14-/m1/s1. The first-order valence-corrected chi connectivity index (χ1v) is 8.22. The second-order valence-corrected chi connectivity index (χ2v) is 6.34. The van der Waals surface area contributed by atoms with Crippen LogP contribution in [-0.4, -0.2) is 34.0 Å². The van der Waals surface area contributed by atoms with Gasteiger partial charge in [-0.05, 0) is 30.2 Å². The summed E-state index contributed by atoms with van der Waals surface area (Å²) in [7, 11) is 0. The zero-order valence-corrected chi connectivity index (χ0v) is 13.8. The van der Waals surface area contributed by atoms with Gasteiger partial charge in [-0.25, -0.2) is 4.39 Å². The zero-order chi connectivity index (χ0) is 17.1. The van der Waals surface area contributed by atoms with Crippen molar-refractivity contribution in [3.8, 4) is 0 Å². The molecule has 6 heteroatoms. The number of aliphatic hydroxyl groups excluding tert-OH is 1. The largest absolute Gasteiger partial charge is 0.395 e. The SMILES string of the molecule is O=C([C@@H]1C[C@H]1c1c(F)cccc1Cl)N(CCO)Cc1cccnc1. The maximum atomic E-state index is 14.0. The van der Waals surface area contributed by atoms with Crippen molar-refractivity contribution in [1.29, 1.82) is 0 Å². The minimum absolute atomic E-state index is 0.0859. The second-order valence-electron chi connectivity index (χ2n) is 5.93. The number of aliphatic hydroxyl groups is 1. The van der Waals surface area contributed by atoms with Gasteiger partial charge in [-0.15, -0.1) is 0 Å². The van der Waals surface area contributed by atoms with Crippen molar-refractivity contribution in [3.63, 3.8) is 0 Å². The van der Waals surface area contributed by atoms with Gasteiger partial charge in [0.15, 0.2) is 0 Å². The van der Waals surface area contributed by atoms with E-state index in [0.29, 0.717) is 23.6 Å². The molecule has 0 saturated heterocycles. The molecule has 1 aromatic carbocycles. The monoisotopic (exact) mass is 348 g/mol. The normalized spacial score (nSPS) is 19.1. The van der Waals surface area contributed by atoms with Crippen LogP contribution in [0.5, 0.6) is 0 Å². The molecule has 0 spiro atoms. The van der Waals surface area contributed by atoms with Gasteiger partial charge in [-0.3, -0.25) is 9.78 Å². The number of hydrogen-bond acceptors (Lipinski definition) is 3. The Morgan fingerprint density at radius 1 is 1.38 bits per heavy atom. The molecule has 1 fully saturated rings. The predicted molar refractivity (Wildman–Crippen MR) is 89.0 cm³/mol. The van der Waals surface area contributed by atoms with Gasteiger partial charge in [0.1, 0.15) is 5.82 Å². The summed E-state index contributed by atoms with van der Waals surface area (Å²) in [5.41, 5.74) is 1.31. The first-order chi connectivity index (χ1) is 11.6. The first-order valence-electron chi connectivity index (χ1n) is 7.84. The Labute approximate surface area is 144 Å². The molecule has 24 heavy (non-hydrogen) atoms. The van der Waals surface area contributed by atoms with E-state index >= 15 is 0 Å². The summed E-state index contributed by atoms with van der Waals surface area (Å²) in [6, 6.07) is 8.24. The van der Waals surface area contributed by atoms with Crippen molar-refractivity contribution in [3.05, 3.63) is 64.7 Å². The van der Waals surface area contributed by atoms with E-state index in [1.807, 2.05) is 6.07 Å². The van der Waals surface area contributed by atoms with E-state index in [0.717, 1.165) is 5.56 Å². The van der Waals surface area contributed by atoms with Crippen molar-refractivity contribution >= 4 is 17.5 Å². The fraction of sp³-hybridized carbons (Fsp3) is 0.333. The summed E-state index contributed by atoms with van der Waals surface area (Å²) in [6.07, 6.45) is 3.93. The van der Waals surface area contributed by atoms with E-state index in [-0.39, 0.29) is 36.7 Å². The summed E-state index contributed by atoms with van der Waals surface area (Å²) in [5, 5.41) is 9.60. The van der Waals surface area contributed by atoms with E-state index in [9.17, 15) is 14.3 Å². The third-order valence-electron chi connectivity index (χ3n) is 4.26. The number of aromatic nitrogens is 1. The van der Waals surface area contributed by atoms with Crippen molar-refractivity contribution in [2.24, 2.45) is 5.92 Å². The molecular formula is C18H18ClFN2O2. The van der Waals surface area contributed by atoms with Gasteiger partial charge in [0.2, 0.25) is 5.91 Å². The summed E-state index contributed by atoms with van der Waals surface area (Å²) >= 11 is 6.09. The van der Waals surface area contributed by atoms with Crippen LogP contribution in [0.3, 0.4) is 0 Å². The van der Waals surface area contributed by atoms with E-state index < -0.39 is 0 Å². The number of nitrogens with zero attached hydrogens (tertiary/aromatic N) is 2. The zero-order valence-electron chi connectivity index (χ0n) is 13.0. The molecule has 1 amide bonds. The lowest BCUT2D eigenvalue weighted by molar-refractivity contribution is -0.133. The second kappa shape index (κ2) is 7.28. The van der Waals surface area contributed by atoms with Gasteiger partial charge in [0, 0.05) is 47.9 Å². The Hall–Kier alpha value is -1.98. The van der Waals surface area contributed by atoms with Crippen LogP contribution in [0.2, 0.25) is 5.02 Å². The Balaban J connectivity index is 1.73. The number of benzene rings is 1. The molecule has 1 saturated carbocycles. The molecule has 2 aromatic rings. The van der Waals surface area contributed by atoms with Crippen LogP contribution in [0.1, 0.15) is 23.5 Å². The van der Waals surface area contributed by atoms with Crippen LogP contribution in [0.4, 0.5) is 4.39 Å². The number of amides is 1. The molecule has 1 N–H and O–H groups in total. The summed E-state index contributed by atoms with van der Waals surface area (Å²) in [5.74, 6) is -0.940. The number of carbonyl (C=O) groups excluding carboxylic acids is 1. The minimum atomic E-state index is -0.372. The van der Waals surface area contributed by atoms with E-state index in [4.69, 9.17) is 11.6 Å². The maximum absolute atomic E-state index is 14.0. The van der Waals surface area contributed by atoms with Crippen molar-refractivity contribution in [2.45, 2.75) is 18.9 Å². The van der Waals surface area contributed by atoms with Crippen LogP contribution in [0.15, 0.2) is 42.7 Å². The van der Waals surface area contributed by atoms with E-state index in [1.165, 1.54) is 6.07 Å². The van der Waals surface area contributed by atoms with Crippen molar-refractivity contribution < 1.29 is 14.3 Å². The van der Waals surface area contributed by atoms with Gasteiger partial charge in [-0.1, -0.05) is 23.7 Å². The Morgan fingerprint density at radius 2 is 2.21 bits per heavy atom. The van der Waals surface area contributed by atoms with Crippen LogP contribution in [0, 0.1) is 11.7 Å². The molecule has 1 aromatic heterocycles. The van der Waals surface area contributed by atoms with Crippen molar-refractivity contribution in [1.82, 2.24) is 9.88 Å². The molecule has 4 nitrogen and oxygen atoms in total. The predicted octanol–water partition coefficient (Wildman–Crippen LogP) is 3.00. The Bertz CT molecular complexity index is 706. The van der Waals surface area contributed by atoms with Gasteiger partial charge in [-0.2, -0.15) is 0 Å². The van der Waals surface area contributed by atoms with Gasteiger partial charge in [0.25, 0.3) is 0 Å². The molecule has 0 aliphatic heterocycles. The van der Waals surface area contributed by atoms with Gasteiger partial charge in [0.05, 0.1) is 6.61 Å². The average Bonchev–Trinajstić information content (AvgIpc) is 3.35. The molecule has 1 heterocycles. The summed E-state index contributed by atoms with van der Waals surface area (Å²) in [4.78, 5) is 18.4. The first kappa shape index (κ1) is 16.9. The lowest BCUT2D eigenvalue weighted by Crippen LogP contribution is -2.34. The van der Waals surface area contributed by atoms with Crippen LogP contribution >= 0.6 is 11.6 Å². The molecule has 0 radical (unpaired) electrons. The molecule has 2 atom stereocenters. The number of carbonyl (C=O) groups is 1. The van der Waals surface area contributed by atoms with E-state index in [1.54, 1.807) is 35.5 Å². The van der Waals surface area contributed by atoms with E-state index in [2.05, 4.69) is 4.98 Å².